The van der Waals surface area contributed by atoms with E-state index in [9.17, 15) is 0 Å². The highest BCUT2D eigenvalue weighted by molar-refractivity contribution is 5.80. The van der Waals surface area contributed by atoms with Crippen molar-refractivity contribution < 1.29 is 0 Å². The summed E-state index contributed by atoms with van der Waals surface area (Å²) in [5.74, 6) is 0. The molecule has 0 aliphatic carbocycles. The molecular formula is C15H22N2. The molecule has 0 saturated carbocycles. The van der Waals surface area contributed by atoms with E-state index >= 15 is 0 Å². The lowest BCUT2D eigenvalue weighted by Gasteiger charge is -2.08. The zero-order chi connectivity index (χ0) is 12.3. The molecule has 92 valence electrons. The molecule has 2 nitrogen and oxygen atoms in total. The molecule has 2 aromatic rings. The normalized spacial score (nSPS) is 13.1. The minimum Gasteiger partial charge on any atom is -0.347 e. The number of nitrogens with zero attached hydrogens (tertiary/aromatic N) is 1. The van der Waals surface area contributed by atoms with Gasteiger partial charge in [0.15, 0.2) is 0 Å². The number of aromatic nitrogens is 1. The second-order valence-corrected chi connectivity index (χ2v) is 4.94. The van der Waals surface area contributed by atoms with Crippen LogP contribution in [0.1, 0.15) is 32.3 Å². The van der Waals surface area contributed by atoms with Gasteiger partial charge in [-0.1, -0.05) is 25.5 Å². The molecule has 2 N–H and O–H groups in total. The van der Waals surface area contributed by atoms with E-state index in [1.54, 1.807) is 0 Å². The lowest BCUT2D eigenvalue weighted by atomic mass is 10.1. The van der Waals surface area contributed by atoms with Gasteiger partial charge in [0, 0.05) is 24.3 Å². The summed E-state index contributed by atoms with van der Waals surface area (Å²) >= 11 is 0. The Morgan fingerprint density at radius 3 is 2.82 bits per heavy atom. The van der Waals surface area contributed by atoms with Crippen molar-refractivity contribution in [3.8, 4) is 0 Å². The average molecular weight is 230 g/mol. The van der Waals surface area contributed by atoms with E-state index in [2.05, 4.69) is 48.9 Å². The van der Waals surface area contributed by atoms with Crippen molar-refractivity contribution in [3.05, 3.63) is 36.0 Å². The molecule has 1 heterocycles. The van der Waals surface area contributed by atoms with E-state index in [1.807, 2.05) is 0 Å². The maximum absolute atomic E-state index is 5.86. The van der Waals surface area contributed by atoms with Crippen LogP contribution in [0.25, 0.3) is 10.9 Å². The molecule has 0 bridgehead atoms. The van der Waals surface area contributed by atoms with Crippen LogP contribution in [0, 0.1) is 0 Å². The maximum atomic E-state index is 5.86. The second kappa shape index (κ2) is 5.37. The molecule has 1 atom stereocenters. The molecule has 1 unspecified atom stereocenters. The smallest absolute Gasteiger partial charge is 0.0483 e. The van der Waals surface area contributed by atoms with Gasteiger partial charge in [0.2, 0.25) is 0 Å². The molecule has 0 spiro atoms. The second-order valence-electron chi connectivity index (χ2n) is 4.94. The van der Waals surface area contributed by atoms with Crippen LogP contribution in [0.15, 0.2) is 30.5 Å². The minimum absolute atomic E-state index is 0.228. The molecule has 17 heavy (non-hydrogen) atoms. The summed E-state index contributed by atoms with van der Waals surface area (Å²) in [5.41, 5.74) is 8.54. The van der Waals surface area contributed by atoms with Crippen molar-refractivity contribution in [1.29, 1.82) is 0 Å². The summed E-state index contributed by atoms with van der Waals surface area (Å²) in [5, 5.41) is 1.33. The van der Waals surface area contributed by atoms with Gasteiger partial charge in [-0.05, 0) is 42.8 Å². The van der Waals surface area contributed by atoms with E-state index in [1.165, 1.54) is 29.3 Å². The first-order chi connectivity index (χ1) is 8.20. The monoisotopic (exact) mass is 230 g/mol. The van der Waals surface area contributed by atoms with Crippen LogP contribution in [0.4, 0.5) is 0 Å². The van der Waals surface area contributed by atoms with Gasteiger partial charge >= 0.3 is 0 Å². The van der Waals surface area contributed by atoms with Gasteiger partial charge in [0.1, 0.15) is 0 Å². The SMILES string of the molecule is CCCCn1ccc2ccc(CC(C)N)cc21. The van der Waals surface area contributed by atoms with Gasteiger partial charge in [0.25, 0.3) is 0 Å². The Bertz CT molecular complexity index is 483. The number of nitrogens with two attached hydrogens (primary N) is 1. The fourth-order valence-electron chi connectivity index (χ4n) is 2.25. The Balaban J connectivity index is 2.29. The van der Waals surface area contributed by atoms with E-state index in [0.717, 1.165) is 13.0 Å². The van der Waals surface area contributed by atoms with Crippen LogP contribution < -0.4 is 5.73 Å². The third kappa shape index (κ3) is 2.89. The van der Waals surface area contributed by atoms with Crippen LogP contribution in [-0.4, -0.2) is 10.6 Å². The van der Waals surface area contributed by atoms with Crippen molar-refractivity contribution in [2.45, 2.75) is 45.7 Å². The molecule has 1 aromatic heterocycles. The highest BCUT2D eigenvalue weighted by Gasteiger charge is 2.03. The van der Waals surface area contributed by atoms with E-state index in [-0.39, 0.29) is 6.04 Å². The number of hydrogen-bond acceptors (Lipinski definition) is 1. The molecule has 0 aliphatic heterocycles. The molecule has 2 heteroatoms. The summed E-state index contributed by atoms with van der Waals surface area (Å²) < 4.78 is 2.35. The van der Waals surface area contributed by atoms with Crippen molar-refractivity contribution in [3.63, 3.8) is 0 Å². The predicted octanol–water partition coefficient (Wildman–Crippen LogP) is 3.33. The maximum Gasteiger partial charge on any atom is 0.0483 e. The summed E-state index contributed by atoms with van der Waals surface area (Å²) in [6, 6.07) is 9.10. The standard InChI is InChI=1S/C15H22N2/c1-3-4-8-17-9-7-14-6-5-13(10-12(2)16)11-15(14)17/h5-7,9,11-12H,3-4,8,10,16H2,1-2H3. The number of hydrogen-bond donors (Lipinski definition) is 1. The van der Waals surface area contributed by atoms with Gasteiger partial charge in [0.05, 0.1) is 0 Å². The third-order valence-corrected chi connectivity index (χ3v) is 3.15. The Kier molecular flexibility index (Phi) is 3.85. The largest absolute Gasteiger partial charge is 0.347 e. The fraction of sp³-hybridized carbons (Fsp3) is 0.467. The lowest BCUT2D eigenvalue weighted by molar-refractivity contribution is 0.649. The van der Waals surface area contributed by atoms with Crippen molar-refractivity contribution >= 4 is 10.9 Å². The quantitative estimate of drug-likeness (QED) is 0.839. The first-order valence-corrected chi connectivity index (χ1v) is 6.54. The molecule has 0 amide bonds. The molecular weight excluding hydrogens is 208 g/mol. The molecule has 0 aliphatic rings. The van der Waals surface area contributed by atoms with Crippen LogP contribution in [0.5, 0.6) is 0 Å². The number of aryl methyl sites for hydroxylation is 1. The number of rotatable bonds is 5. The number of benzene rings is 1. The summed E-state index contributed by atoms with van der Waals surface area (Å²) in [6.45, 7) is 5.40. The molecule has 1 aromatic carbocycles. The highest BCUT2D eigenvalue weighted by atomic mass is 14.9. The van der Waals surface area contributed by atoms with Crippen LogP contribution >= 0.6 is 0 Å². The molecule has 0 radical (unpaired) electrons. The molecule has 2 rings (SSSR count). The summed E-state index contributed by atoms with van der Waals surface area (Å²) in [6.07, 6.45) is 5.62. The molecule has 0 saturated heterocycles. The van der Waals surface area contributed by atoms with Gasteiger partial charge in [-0.25, -0.2) is 0 Å². The fourth-order valence-corrected chi connectivity index (χ4v) is 2.25. The van der Waals surface area contributed by atoms with Gasteiger partial charge in [-0.3, -0.25) is 0 Å². The lowest BCUT2D eigenvalue weighted by Crippen LogP contribution is -2.17. The van der Waals surface area contributed by atoms with E-state index < -0.39 is 0 Å². The van der Waals surface area contributed by atoms with E-state index in [4.69, 9.17) is 5.73 Å². The van der Waals surface area contributed by atoms with Gasteiger partial charge < -0.3 is 10.3 Å². The van der Waals surface area contributed by atoms with Crippen molar-refractivity contribution in [1.82, 2.24) is 4.57 Å². The summed E-state index contributed by atoms with van der Waals surface area (Å²) in [4.78, 5) is 0. The number of fused-ring (bicyclic) bond motifs is 1. The minimum atomic E-state index is 0.228. The van der Waals surface area contributed by atoms with Crippen LogP contribution in [-0.2, 0) is 13.0 Å². The van der Waals surface area contributed by atoms with Gasteiger partial charge in [-0.15, -0.1) is 0 Å². The Labute approximate surface area is 103 Å². The zero-order valence-corrected chi connectivity index (χ0v) is 10.8. The van der Waals surface area contributed by atoms with Crippen molar-refractivity contribution in [2.24, 2.45) is 5.73 Å². The zero-order valence-electron chi connectivity index (χ0n) is 10.8. The topological polar surface area (TPSA) is 30.9 Å². The van der Waals surface area contributed by atoms with E-state index in [0.29, 0.717) is 0 Å². The third-order valence-electron chi connectivity index (χ3n) is 3.15. The van der Waals surface area contributed by atoms with Crippen LogP contribution in [0.2, 0.25) is 0 Å². The Morgan fingerprint density at radius 2 is 2.12 bits per heavy atom. The summed E-state index contributed by atoms with van der Waals surface area (Å²) in [7, 11) is 0. The first-order valence-electron chi connectivity index (χ1n) is 6.54. The highest BCUT2D eigenvalue weighted by Crippen LogP contribution is 2.19. The molecule has 0 fully saturated rings. The van der Waals surface area contributed by atoms with Crippen molar-refractivity contribution in [2.75, 3.05) is 0 Å². The predicted molar refractivity (Wildman–Crippen MR) is 74.2 cm³/mol. The van der Waals surface area contributed by atoms with Crippen LogP contribution in [0.3, 0.4) is 0 Å². The Hall–Kier alpha value is -1.28. The first kappa shape index (κ1) is 12.2. The van der Waals surface area contributed by atoms with Gasteiger partial charge in [-0.2, -0.15) is 0 Å². The number of unbranched alkanes of at least 4 members (excludes halogenated alkanes) is 1. The average Bonchev–Trinajstić information content (AvgIpc) is 2.68. The Morgan fingerprint density at radius 1 is 1.29 bits per heavy atom.